The molecule has 0 bridgehead atoms. The summed E-state index contributed by atoms with van der Waals surface area (Å²) in [4.78, 5) is 35.7. The summed E-state index contributed by atoms with van der Waals surface area (Å²) in [7, 11) is 0. The lowest BCUT2D eigenvalue weighted by molar-refractivity contribution is 0.00853. The van der Waals surface area contributed by atoms with Gasteiger partial charge in [0.1, 0.15) is 0 Å². The molecule has 6 nitrogen and oxygen atoms in total. The molecule has 2 amide bonds. The summed E-state index contributed by atoms with van der Waals surface area (Å²) in [5.74, 6) is 0.119. The smallest absolute Gasteiger partial charge is 0.282 e. The van der Waals surface area contributed by atoms with E-state index in [0.29, 0.717) is 24.1 Å². The van der Waals surface area contributed by atoms with Crippen LogP contribution < -0.4 is 0 Å². The maximum Gasteiger partial charge on any atom is 0.282 e. The molecule has 2 saturated heterocycles. The molecule has 1 aromatic heterocycles. The minimum Gasteiger partial charge on any atom is -0.335 e. The largest absolute Gasteiger partial charge is 0.335 e. The molecule has 3 heterocycles. The van der Waals surface area contributed by atoms with Crippen LogP contribution in [0.15, 0.2) is 60.1 Å². The normalized spacial score (nSPS) is 17.3. The number of hydrogen-bond acceptors (Lipinski definition) is 5. The molecule has 0 atom stereocenters. The van der Waals surface area contributed by atoms with Gasteiger partial charge in [0.05, 0.1) is 0 Å². The van der Waals surface area contributed by atoms with Crippen molar-refractivity contribution >= 4 is 23.2 Å². The summed E-state index contributed by atoms with van der Waals surface area (Å²) < 4.78 is 0. The van der Waals surface area contributed by atoms with E-state index in [2.05, 4.69) is 41.1 Å². The molecule has 0 radical (unpaired) electrons. The molecule has 0 unspecified atom stereocenters. The second-order valence-electron chi connectivity index (χ2n) is 8.48. The Morgan fingerprint density at radius 2 is 1.66 bits per heavy atom. The molecule has 0 N–H and O–H groups in total. The first-order valence-corrected chi connectivity index (χ1v) is 11.9. The molecule has 32 heavy (non-hydrogen) atoms. The summed E-state index contributed by atoms with van der Waals surface area (Å²) in [6.45, 7) is 6.69. The monoisotopic (exact) mass is 446 g/mol. The molecule has 0 aliphatic carbocycles. The van der Waals surface area contributed by atoms with Crippen molar-refractivity contribution in [3.8, 4) is 11.1 Å². The Kier molecular flexibility index (Phi) is 5.76. The Labute approximate surface area is 192 Å². The van der Waals surface area contributed by atoms with Gasteiger partial charge in [0.25, 0.3) is 11.8 Å². The first-order valence-electron chi connectivity index (χ1n) is 11.0. The van der Waals surface area contributed by atoms with Crippen LogP contribution in [0.2, 0.25) is 0 Å². The number of likely N-dealkylation sites (tertiary alicyclic amines) is 1. The van der Waals surface area contributed by atoms with E-state index in [4.69, 9.17) is 0 Å². The highest BCUT2D eigenvalue weighted by molar-refractivity contribution is 7.11. The maximum atomic E-state index is 12.9. The Bertz CT molecular complexity index is 1100. The highest BCUT2D eigenvalue weighted by atomic mass is 32.1. The SMILES string of the molecule is Cc1cccc(-c2ccc(C(=O)N3CC(N4CCN(C(=O)c5nccs5)CC4)C3)cc2)c1. The molecular formula is C25H26N4O2S. The summed E-state index contributed by atoms with van der Waals surface area (Å²) in [6, 6.07) is 16.7. The molecule has 3 aromatic rings. The molecule has 2 fully saturated rings. The van der Waals surface area contributed by atoms with Gasteiger partial charge < -0.3 is 9.80 Å². The summed E-state index contributed by atoms with van der Waals surface area (Å²) >= 11 is 1.39. The van der Waals surface area contributed by atoms with E-state index in [9.17, 15) is 9.59 Å². The van der Waals surface area contributed by atoms with Crippen molar-refractivity contribution in [3.05, 3.63) is 76.2 Å². The van der Waals surface area contributed by atoms with Crippen LogP contribution in [0, 0.1) is 6.92 Å². The fourth-order valence-corrected chi connectivity index (χ4v) is 5.02. The van der Waals surface area contributed by atoms with Gasteiger partial charge in [0, 0.05) is 62.5 Å². The number of aryl methyl sites for hydroxylation is 1. The zero-order valence-corrected chi connectivity index (χ0v) is 18.9. The van der Waals surface area contributed by atoms with E-state index in [1.807, 2.05) is 39.4 Å². The number of piperazine rings is 1. The number of hydrogen-bond donors (Lipinski definition) is 0. The Morgan fingerprint density at radius 3 is 2.31 bits per heavy atom. The number of benzene rings is 2. The predicted molar refractivity (Wildman–Crippen MR) is 126 cm³/mol. The van der Waals surface area contributed by atoms with Crippen molar-refractivity contribution in [1.29, 1.82) is 0 Å². The molecule has 0 spiro atoms. The van der Waals surface area contributed by atoms with Crippen LogP contribution in [0.25, 0.3) is 11.1 Å². The van der Waals surface area contributed by atoms with Crippen LogP contribution in [0.5, 0.6) is 0 Å². The van der Waals surface area contributed by atoms with Crippen molar-refractivity contribution in [2.45, 2.75) is 13.0 Å². The zero-order chi connectivity index (χ0) is 22.1. The molecule has 2 aliphatic rings. The van der Waals surface area contributed by atoms with E-state index in [0.717, 1.165) is 37.3 Å². The fraction of sp³-hybridized carbons (Fsp3) is 0.320. The second kappa shape index (κ2) is 8.84. The lowest BCUT2D eigenvalue weighted by Crippen LogP contribution is -2.64. The zero-order valence-electron chi connectivity index (χ0n) is 18.1. The average molecular weight is 447 g/mol. The standard InChI is InChI=1S/C25H26N4O2S/c1-18-3-2-4-21(15-18)19-5-7-20(8-6-19)24(30)29-16-22(17-29)27-10-12-28(13-11-27)25(31)23-26-9-14-32-23/h2-9,14-15,22H,10-13,16-17H2,1H3. The van der Waals surface area contributed by atoms with E-state index in [1.54, 1.807) is 6.20 Å². The van der Waals surface area contributed by atoms with Gasteiger partial charge in [-0.2, -0.15) is 0 Å². The lowest BCUT2D eigenvalue weighted by Gasteiger charge is -2.48. The van der Waals surface area contributed by atoms with Gasteiger partial charge >= 0.3 is 0 Å². The summed E-state index contributed by atoms with van der Waals surface area (Å²) in [6.07, 6.45) is 1.67. The third-order valence-electron chi connectivity index (χ3n) is 6.37. The number of nitrogens with zero attached hydrogens (tertiary/aromatic N) is 4. The van der Waals surface area contributed by atoms with Gasteiger partial charge in [0.2, 0.25) is 0 Å². The molecule has 7 heteroatoms. The molecule has 2 aliphatic heterocycles. The molecule has 0 saturated carbocycles. The summed E-state index contributed by atoms with van der Waals surface area (Å²) in [5.41, 5.74) is 4.25. The highest BCUT2D eigenvalue weighted by Gasteiger charge is 2.37. The van der Waals surface area contributed by atoms with Crippen LogP contribution in [0.3, 0.4) is 0 Å². The topological polar surface area (TPSA) is 56.8 Å². The second-order valence-corrected chi connectivity index (χ2v) is 9.37. The summed E-state index contributed by atoms with van der Waals surface area (Å²) in [5, 5.41) is 2.40. The van der Waals surface area contributed by atoms with Gasteiger partial charge in [-0.1, -0.05) is 42.0 Å². The van der Waals surface area contributed by atoms with Crippen molar-refractivity contribution in [1.82, 2.24) is 19.7 Å². The van der Waals surface area contributed by atoms with E-state index in [-0.39, 0.29) is 11.8 Å². The van der Waals surface area contributed by atoms with E-state index >= 15 is 0 Å². The van der Waals surface area contributed by atoms with Crippen molar-refractivity contribution < 1.29 is 9.59 Å². The van der Waals surface area contributed by atoms with Gasteiger partial charge in [0.15, 0.2) is 5.01 Å². The fourth-order valence-electron chi connectivity index (χ4n) is 4.42. The van der Waals surface area contributed by atoms with Crippen molar-refractivity contribution in [2.75, 3.05) is 39.3 Å². The van der Waals surface area contributed by atoms with E-state index in [1.165, 1.54) is 22.5 Å². The van der Waals surface area contributed by atoms with E-state index < -0.39 is 0 Å². The quantitative estimate of drug-likeness (QED) is 0.616. The number of amides is 2. The molecular weight excluding hydrogens is 420 g/mol. The minimum atomic E-state index is 0.0270. The minimum absolute atomic E-state index is 0.0270. The van der Waals surface area contributed by atoms with Crippen molar-refractivity contribution in [3.63, 3.8) is 0 Å². The number of carbonyl (C=O) groups is 2. The lowest BCUT2D eigenvalue weighted by atomic mass is 10.0. The van der Waals surface area contributed by atoms with Gasteiger partial charge in [-0.05, 0) is 30.2 Å². The third-order valence-corrected chi connectivity index (χ3v) is 7.13. The van der Waals surface area contributed by atoms with Gasteiger partial charge in [-0.15, -0.1) is 11.3 Å². The first kappa shape index (κ1) is 20.8. The van der Waals surface area contributed by atoms with Crippen LogP contribution in [0.4, 0.5) is 0 Å². The first-order chi connectivity index (χ1) is 15.6. The number of aromatic nitrogens is 1. The molecule has 2 aromatic carbocycles. The predicted octanol–water partition coefficient (Wildman–Crippen LogP) is 3.40. The Hall–Kier alpha value is -3.03. The number of carbonyl (C=O) groups excluding carboxylic acids is 2. The van der Waals surface area contributed by atoms with Crippen LogP contribution >= 0.6 is 11.3 Å². The van der Waals surface area contributed by atoms with Crippen molar-refractivity contribution in [2.24, 2.45) is 0 Å². The van der Waals surface area contributed by atoms with Crippen LogP contribution in [-0.2, 0) is 0 Å². The Balaban J connectivity index is 1.12. The Morgan fingerprint density at radius 1 is 0.906 bits per heavy atom. The molecule has 164 valence electrons. The number of rotatable bonds is 4. The molecule has 5 rings (SSSR count). The van der Waals surface area contributed by atoms with Gasteiger partial charge in [-0.3, -0.25) is 14.5 Å². The third kappa shape index (κ3) is 4.18. The average Bonchev–Trinajstić information content (AvgIpc) is 3.33. The van der Waals surface area contributed by atoms with Crippen LogP contribution in [0.1, 0.15) is 25.7 Å². The highest BCUT2D eigenvalue weighted by Crippen LogP contribution is 2.24. The maximum absolute atomic E-state index is 12.9. The van der Waals surface area contributed by atoms with Gasteiger partial charge in [-0.25, -0.2) is 4.98 Å². The van der Waals surface area contributed by atoms with Crippen LogP contribution in [-0.4, -0.2) is 76.8 Å². The number of thiazole rings is 1.